The summed E-state index contributed by atoms with van der Waals surface area (Å²) in [7, 11) is 0. The predicted molar refractivity (Wildman–Crippen MR) is 74.5 cm³/mol. The standard InChI is InChI=1S/C12H7AsFIN2/c14-12-5-9(15)1-2-10(12)13-11-7-17-4-3-8(11)6-16/h1-5,7,13H. The number of rotatable bonds is 2. The normalized spacial score (nSPS) is 10.6. The van der Waals surface area contributed by atoms with Crippen LogP contribution in [0.4, 0.5) is 4.39 Å². The molecular formula is C12H7AsFIN2. The van der Waals surface area contributed by atoms with Crippen molar-refractivity contribution in [3.8, 4) is 6.07 Å². The number of halogens is 2. The number of nitrogens with zero attached hydrogens (tertiary/aromatic N) is 2. The fourth-order valence-corrected chi connectivity index (χ4v) is 4.01. The van der Waals surface area contributed by atoms with Gasteiger partial charge in [0.2, 0.25) is 0 Å². The van der Waals surface area contributed by atoms with E-state index >= 15 is 0 Å². The number of hydrogen-bond acceptors (Lipinski definition) is 2. The number of nitriles is 1. The van der Waals surface area contributed by atoms with Crippen LogP contribution in [-0.4, -0.2) is 20.7 Å². The van der Waals surface area contributed by atoms with Crippen LogP contribution in [0.25, 0.3) is 0 Å². The Kier molecular flexibility index (Phi) is 4.14. The Morgan fingerprint density at radius 1 is 1.29 bits per heavy atom. The molecule has 0 aliphatic heterocycles. The van der Waals surface area contributed by atoms with Crippen LogP contribution in [0.5, 0.6) is 0 Å². The van der Waals surface area contributed by atoms with Gasteiger partial charge in [0.05, 0.1) is 0 Å². The molecule has 1 aromatic heterocycles. The minimum absolute atomic E-state index is 0.190. The Labute approximate surface area is 119 Å². The van der Waals surface area contributed by atoms with Crippen LogP contribution in [0.3, 0.4) is 0 Å². The molecule has 2 nitrogen and oxygen atoms in total. The van der Waals surface area contributed by atoms with E-state index in [0.717, 1.165) is 7.92 Å². The Balaban J connectivity index is 2.35. The zero-order valence-corrected chi connectivity index (χ0v) is 12.9. The molecule has 0 N–H and O–H groups in total. The Morgan fingerprint density at radius 3 is 2.82 bits per heavy atom. The maximum atomic E-state index is 13.7. The topological polar surface area (TPSA) is 36.7 Å². The van der Waals surface area contributed by atoms with E-state index in [1.807, 2.05) is 6.07 Å². The summed E-state index contributed by atoms with van der Waals surface area (Å²) in [5, 5.41) is 8.96. The van der Waals surface area contributed by atoms with Crippen molar-refractivity contribution < 1.29 is 4.39 Å². The number of benzene rings is 1. The second-order valence-electron chi connectivity index (χ2n) is 3.28. The molecule has 0 spiro atoms. The summed E-state index contributed by atoms with van der Waals surface area (Å²) >= 11 is 1.23. The van der Waals surface area contributed by atoms with E-state index in [9.17, 15) is 4.39 Å². The van der Waals surface area contributed by atoms with Gasteiger partial charge in [0.15, 0.2) is 0 Å². The first-order valence-corrected chi connectivity index (χ1v) is 7.94. The first-order chi connectivity index (χ1) is 8.20. The van der Waals surface area contributed by atoms with E-state index in [4.69, 9.17) is 5.26 Å². The quantitative estimate of drug-likeness (QED) is 0.559. The van der Waals surface area contributed by atoms with E-state index in [-0.39, 0.29) is 5.82 Å². The summed E-state index contributed by atoms with van der Waals surface area (Å²) in [6, 6.07) is 8.98. The van der Waals surface area contributed by atoms with Gasteiger partial charge in [-0.3, -0.25) is 0 Å². The Morgan fingerprint density at radius 2 is 2.12 bits per heavy atom. The van der Waals surface area contributed by atoms with Gasteiger partial charge in [0, 0.05) is 0 Å². The van der Waals surface area contributed by atoms with Crippen LogP contribution in [0.15, 0.2) is 36.7 Å². The molecule has 1 atom stereocenters. The van der Waals surface area contributed by atoms with Crippen molar-refractivity contribution in [1.82, 2.24) is 4.98 Å². The van der Waals surface area contributed by atoms with Crippen molar-refractivity contribution in [2.24, 2.45) is 0 Å². The van der Waals surface area contributed by atoms with Crippen LogP contribution in [0.1, 0.15) is 5.56 Å². The van der Waals surface area contributed by atoms with E-state index in [2.05, 4.69) is 33.6 Å². The average molecular weight is 400 g/mol. The molecule has 0 aliphatic rings. The summed E-state index contributed by atoms with van der Waals surface area (Å²) < 4.78 is 16.1. The molecule has 1 unspecified atom stereocenters. The molecule has 2 rings (SSSR count). The number of aromatic nitrogens is 1. The molecular weight excluding hydrogens is 393 g/mol. The van der Waals surface area contributed by atoms with Crippen molar-refractivity contribution in [3.63, 3.8) is 0 Å². The van der Waals surface area contributed by atoms with Gasteiger partial charge >= 0.3 is 119 Å². The second-order valence-corrected chi connectivity index (χ2v) is 7.31. The van der Waals surface area contributed by atoms with E-state index < -0.39 is 15.8 Å². The van der Waals surface area contributed by atoms with Crippen LogP contribution in [0.2, 0.25) is 0 Å². The molecule has 0 aliphatic carbocycles. The summed E-state index contributed by atoms with van der Waals surface area (Å²) in [5.74, 6) is -0.190. The van der Waals surface area contributed by atoms with E-state index in [1.165, 1.54) is 6.07 Å². The number of hydrogen-bond donors (Lipinski definition) is 0. The van der Waals surface area contributed by atoms with Crippen molar-refractivity contribution in [2.75, 3.05) is 0 Å². The first-order valence-electron chi connectivity index (χ1n) is 4.77. The zero-order chi connectivity index (χ0) is 12.3. The summed E-state index contributed by atoms with van der Waals surface area (Å²) in [6.45, 7) is 0. The van der Waals surface area contributed by atoms with Crippen LogP contribution < -0.4 is 8.70 Å². The first kappa shape index (κ1) is 12.5. The summed E-state index contributed by atoms with van der Waals surface area (Å²) in [4.78, 5) is 3.99. The minimum atomic E-state index is -0.845. The van der Waals surface area contributed by atoms with Crippen LogP contribution in [0, 0.1) is 20.7 Å². The molecule has 0 fully saturated rings. The predicted octanol–water partition coefficient (Wildman–Crippen LogP) is 1.08. The molecule has 17 heavy (non-hydrogen) atoms. The maximum absolute atomic E-state index is 13.7. The van der Waals surface area contributed by atoms with Crippen LogP contribution >= 0.6 is 22.6 Å². The van der Waals surface area contributed by atoms with E-state index in [1.54, 1.807) is 24.5 Å². The average Bonchev–Trinajstić information content (AvgIpc) is 2.33. The number of pyridine rings is 1. The van der Waals surface area contributed by atoms with Crippen molar-refractivity contribution in [2.45, 2.75) is 0 Å². The van der Waals surface area contributed by atoms with Crippen molar-refractivity contribution >= 4 is 47.0 Å². The fourth-order valence-electron chi connectivity index (χ4n) is 1.33. The van der Waals surface area contributed by atoms with Gasteiger partial charge in [0.25, 0.3) is 0 Å². The molecule has 2 aromatic rings. The van der Waals surface area contributed by atoms with Crippen molar-refractivity contribution in [1.29, 1.82) is 5.26 Å². The molecule has 0 saturated carbocycles. The molecule has 0 saturated heterocycles. The van der Waals surface area contributed by atoms with Gasteiger partial charge in [-0.25, -0.2) is 0 Å². The second kappa shape index (κ2) is 5.61. The molecule has 1 heterocycles. The Bertz CT molecular complexity index is 595. The molecule has 84 valence electrons. The molecule has 0 radical (unpaired) electrons. The third-order valence-electron chi connectivity index (χ3n) is 2.14. The fraction of sp³-hybridized carbons (Fsp3) is 0. The Hall–Kier alpha value is -0.922. The summed E-state index contributed by atoms with van der Waals surface area (Å²) in [6.07, 6.45) is 3.24. The van der Waals surface area contributed by atoms with E-state index in [0.29, 0.717) is 9.91 Å². The van der Waals surface area contributed by atoms with Gasteiger partial charge in [-0.05, 0) is 0 Å². The third kappa shape index (κ3) is 3.05. The molecule has 5 heteroatoms. The SMILES string of the molecule is N#Cc1ccncc1[AsH]c1ccc(I)cc1F. The summed E-state index contributed by atoms with van der Waals surface area (Å²) in [5.41, 5.74) is 0.595. The van der Waals surface area contributed by atoms with Crippen LogP contribution in [-0.2, 0) is 0 Å². The van der Waals surface area contributed by atoms with Crippen molar-refractivity contribution in [3.05, 3.63) is 51.6 Å². The molecule has 1 aromatic carbocycles. The third-order valence-corrected chi connectivity index (χ3v) is 5.63. The van der Waals surface area contributed by atoms with Gasteiger partial charge in [-0.1, -0.05) is 0 Å². The van der Waals surface area contributed by atoms with Gasteiger partial charge < -0.3 is 0 Å². The molecule has 0 amide bonds. The van der Waals surface area contributed by atoms with Gasteiger partial charge in [0.1, 0.15) is 0 Å². The van der Waals surface area contributed by atoms with Gasteiger partial charge in [-0.15, -0.1) is 0 Å². The zero-order valence-electron chi connectivity index (χ0n) is 8.61. The van der Waals surface area contributed by atoms with Gasteiger partial charge in [-0.2, -0.15) is 0 Å². The molecule has 0 bridgehead atoms. The monoisotopic (exact) mass is 400 g/mol.